The highest BCUT2D eigenvalue weighted by molar-refractivity contribution is 5.97. The van der Waals surface area contributed by atoms with Crippen LogP contribution in [0.5, 0.6) is 5.75 Å². The van der Waals surface area contributed by atoms with Crippen molar-refractivity contribution in [1.29, 1.82) is 0 Å². The molecule has 1 aromatic carbocycles. The molecular formula is C17H23N5O. The quantitative estimate of drug-likeness (QED) is 0.463. The standard InChI is InChI=1S/C17H23N5O/c1-13-6-3-4-7-16(13)23-9-5-8-20-17(19)10-15(18)14-11-21-22(2)12-14/h3-4,6-7,10-12H,5,8-9,18H2,1-2H3,(H2,19,20)/b15-10-. The van der Waals surface area contributed by atoms with Gasteiger partial charge in [0, 0.05) is 43.5 Å². The van der Waals surface area contributed by atoms with Gasteiger partial charge in [0.1, 0.15) is 11.6 Å². The Balaban J connectivity index is 1.78. The third-order valence-corrected chi connectivity index (χ3v) is 3.29. The third-order valence-electron chi connectivity index (χ3n) is 3.29. The topological polar surface area (TPSA) is 91.4 Å². The Morgan fingerprint density at radius 2 is 2.13 bits per heavy atom. The number of benzene rings is 1. The average Bonchev–Trinajstić information content (AvgIpc) is 2.95. The van der Waals surface area contributed by atoms with Crippen LogP contribution in [0.4, 0.5) is 0 Å². The first-order chi connectivity index (χ1) is 11.1. The molecule has 122 valence electrons. The monoisotopic (exact) mass is 313 g/mol. The van der Waals surface area contributed by atoms with Gasteiger partial charge in [-0.05, 0) is 18.6 Å². The molecule has 0 spiro atoms. The molecule has 0 aliphatic carbocycles. The maximum atomic E-state index is 5.95. The Labute approximate surface area is 136 Å². The van der Waals surface area contributed by atoms with E-state index in [1.807, 2.05) is 44.4 Å². The largest absolute Gasteiger partial charge is 0.493 e. The van der Waals surface area contributed by atoms with Crippen LogP contribution < -0.4 is 16.2 Å². The van der Waals surface area contributed by atoms with E-state index >= 15 is 0 Å². The second kappa shape index (κ2) is 8.03. The highest BCUT2D eigenvalue weighted by Crippen LogP contribution is 2.16. The summed E-state index contributed by atoms with van der Waals surface area (Å²) in [4.78, 5) is 4.28. The van der Waals surface area contributed by atoms with Crippen LogP contribution in [0, 0.1) is 6.92 Å². The predicted molar refractivity (Wildman–Crippen MR) is 93.2 cm³/mol. The second-order valence-corrected chi connectivity index (χ2v) is 5.28. The predicted octanol–water partition coefficient (Wildman–Crippen LogP) is 1.85. The van der Waals surface area contributed by atoms with Crippen LogP contribution in [0.15, 0.2) is 47.7 Å². The lowest BCUT2D eigenvalue weighted by Gasteiger charge is -2.07. The van der Waals surface area contributed by atoms with E-state index in [0.717, 1.165) is 23.3 Å². The van der Waals surface area contributed by atoms with E-state index in [4.69, 9.17) is 16.2 Å². The number of aryl methyl sites for hydroxylation is 2. The number of rotatable bonds is 7. The molecule has 23 heavy (non-hydrogen) atoms. The van der Waals surface area contributed by atoms with Crippen molar-refractivity contribution < 1.29 is 4.74 Å². The van der Waals surface area contributed by atoms with Gasteiger partial charge in [0.25, 0.3) is 0 Å². The number of aromatic nitrogens is 2. The molecule has 0 unspecified atom stereocenters. The third kappa shape index (κ3) is 5.18. The van der Waals surface area contributed by atoms with Crippen LogP contribution >= 0.6 is 0 Å². The maximum absolute atomic E-state index is 5.95. The van der Waals surface area contributed by atoms with Gasteiger partial charge >= 0.3 is 0 Å². The summed E-state index contributed by atoms with van der Waals surface area (Å²) in [5.41, 5.74) is 14.3. The molecule has 2 aromatic rings. The fourth-order valence-corrected chi connectivity index (χ4v) is 2.03. The van der Waals surface area contributed by atoms with Crippen LogP contribution in [0.2, 0.25) is 0 Å². The molecule has 0 saturated heterocycles. The van der Waals surface area contributed by atoms with Gasteiger partial charge in [0.05, 0.1) is 12.8 Å². The van der Waals surface area contributed by atoms with Gasteiger partial charge in [0.15, 0.2) is 0 Å². The van der Waals surface area contributed by atoms with Crippen LogP contribution in [0.1, 0.15) is 17.5 Å². The van der Waals surface area contributed by atoms with Crippen molar-refractivity contribution in [2.24, 2.45) is 23.5 Å². The Bertz CT molecular complexity index is 703. The lowest BCUT2D eigenvalue weighted by Crippen LogP contribution is -2.12. The summed E-state index contributed by atoms with van der Waals surface area (Å²) in [5, 5.41) is 4.07. The fraction of sp³-hybridized carbons (Fsp3) is 0.294. The molecule has 0 aliphatic rings. The Morgan fingerprint density at radius 3 is 2.83 bits per heavy atom. The number of nitrogens with zero attached hydrogens (tertiary/aromatic N) is 3. The molecule has 0 radical (unpaired) electrons. The van der Waals surface area contributed by atoms with Crippen LogP contribution in [0.25, 0.3) is 5.70 Å². The van der Waals surface area contributed by atoms with Gasteiger partial charge in [-0.3, -0.25) is 9.67 Å². The maximum Gasteiger partial charge on any atom is 0.122 e. The smallest absolute Gasteiger partial charge is 0.122 e. The zero-order valence-electron chi connectivity index (χ0n) is 13.6. The molecule has 6 nitrogen and oxygen atoms in total. The zero-order valence-corrected chi connectivity index (χ0v) is 13.6. The number of nitrogens with two attached hydrogens (primary N) is 2. The number of para-hydroxylation sites is 1. The van der Waals surface area contributed by atoms with Gasteiger partial charge in [-0.15, -0.1) is 0 Å². The fourth-order valence-electron chi connectivity index (χ4n) is 2.03. The number of hydrogen-bond donors (Lipinski definition) is 2. The molecule has 0 atom stereocenters. The average molecular weight is 313 g/mol. The molecule has 0 aliphatic heterocycles. The van der Waals surface area contributed by atoms with E-state index in [-0.39, 0.29) is 0 Å². The molecule has 4 N–H and O–H groups in total. The Morgan fingerprint density at radius 1 is 1.35 bits per heavy atom. The van der Waals surface area contributed by atoms with Crippen molar-refractivity contribution in [3.63, 3.8) is 0 Å². The van der Waals surface area contributed by atoms with E-state index in [0.29, 0.717) is 24.7 Å². The number of ether oxygens (including phenoxy) is 1. The summed E-state index contributed by atoms with van der Waals surface area (Å²) in [6, 6.07) is 7.94. The summed E-state index contributed by atoms with van der Waals surface area (Å²) in [5.74, 6) is 1.31. The number of aliphatic imine (C=N–C) groups is 1. The Hall–Kier alpha value is -2.76. The van der Waals surface area contributed by atoms with Gasteiger partial charge in [-0.2, -0.15) is 5.10 Å². The minimum Gasteiger partial charge on any atom is -0.493 e. The lowest BCUT2D eigenvalue weighted by atomic mass is 10.2. The molecule has 6 heteroatoms. The molecule has 2 rings (SSSR count). The first kappa shape index (κ1) is 16.6. The van der Waals surface area contributed by atoms with Crippen molar-refractivity contribution in [3.8, 4) is 5.75 Å². The molecule has 1 aromatic heterocycles. The molecule has 0 saturated carbocycles. The zero-order chi connectivity index (χ0) is 16.7. The summed E-state index contributed by atoms with van der Waals surface area (Å²) in [7, 11) is 1.84. The molecule has 0 fully saturated rings. The second-order valence-electron chi connectivity index (χ2n) is 5.28. The van der Waals surface area contributed by atoms with E-state index in [9.17, 15) is 0 Å². The molecule has 0 bridgehead atoms. The van der Waals surface area contributed by atoms with Gasteiger partial charge in [0.2, 0.25) is 0 Å². The van der Waals surface area contributed by atoms with E-state index in [1.54, 1.807) is 17.0 Å². The summed E-state index contributed by atoms with van der Waals surface area (Å²) in [6.45, 7) is 3.22. The van der Waals surface area contributed by atoms with Crippen molar-refractivity contribution in [1.82, 2.24) is 9.78 Å². The molecule has 0 amide bonds. The van der Waals surface area contributed by atoms with Gasteiger partial charge in [-0.25, -0.2) is 0 Å². The number of amidine groups is 1. The summed E-state index contributed by atoms with van der Waals surface area (Å²) < 4.78 is 7.40. The SMILES string of the molecule is Cc1ccccc1OCCCN=C(N)/C=C(\N)c1cnn(C)c1. The minimum absolute atomic E-state index is 0.405. The van der Waals surface area contributed by atoms with E-state index < -0.39 is 0 Å². The van der Waals surface area contributed by atoms with Crippen molar-refractivity contribution >= 4 is 11.5 Å². The highest BCUT2D eigenvalue weighted by atomic mass is 16.5. The van der Waals surface area contributed by atoms with Crippen LogP contribution in [-0.2, 0) is 7.05 Å². The van der Waals surface area contributed by atoms with Crippen molar-refractivity contribution in [2.45, 2.75) is 13.3 Å². The summed E-state index contributed by atoms with van der Waals surface area (Å²) >= 11 is 0. The normalized spacial score (nSPS) is 12.4. The van der Waals surface area contributed by atoms with Crippen molar-refractivity contribution in [3.05, 3.63) is 53.9 Å². The first-order valence-corrected chi connectivity index (χ1v) is 7.51. The van der Waals surface area contributed by atoms with Crippen LogP contribution in [-0.4, -0.2) is 28.8 Å². The molecular weight excluding hydrogens is 290 g/mol. The van der Waals surface area contributed by atoms with Gasteiger partial charge in [-0.1, -0.05) is 18.2 Å². The Kier molecular flexibility index (Phi) is 5.80. The van der Waals surface area contributed by atoms with Crippen LogP contribution in [0.3, 0.4) is 0 Å². The highest BCUT2D eigenvalue weighted by Gasteiger charge is 2.00. The first-order valence-electron chi connectivity index (χ1n) is 7.51. The molecule has 1 heterocycles. The number of hydrogen-bond acceptors (Lipinski definition) is 4. The lowest BCUT2D eigenvalue weighted by molar-refractivity contribution is 0.311. The van der Waals surface area contributed by atoms with Gasteiger partial charge < -0.3 is 16.2 Å². The summed E-state index contributed by atoms with van der Waals surface area (Å²) in [6.07, 6.45) is 5.96. The minimum atomic E-state index is 0.405. The van der Waals surface area contributed by atoms with E-state index in [2.05, 4.69) is 10.1 Å². The van der Waals surface area contributed by atoms with E-state index in [1.165, 1.54) is 0 Å². The van der Waals surface area contributed by atoms with Crippen molar-refractivity contribution in [2.75, 3.05) is 13.2 Å².